The maximum atomic E-state index is 3.79. The lowest BCUT2D eigenvalue weighted by atomic mass is 10.3. The van der Waals surface area contributed by atoms with Crippen LogP contribution in [0.3, 0.4) is 0 Å². The molecule has 1 heteroatoms. The Labute approximate surface area is 63.1 Å². The molecule has 0 aromatic carbocycles. The molecule has 0 unspecified atom stereocenters. The van der Waals surface area contributed by atoms with E-state index in [1.54, 1.807) is 6.08 Å². The molecule has 1 N–H and O–H groups in total. The highest BCUT2D eigenvalue weighted by Crippen LogP contribution is 1.89. The van der Waals surface area contributed by atoms with Gasteiger partial charge in [-0.3, -0.25) is 0 Å². The lowest BCUT2D eigenvalue weighted by molar-refractivity contribution is 0.683. The van der Waals surface area contributed by atoms with Crippen LogP contribution >= 0.6 is 0 Å². The topological polar surface area (TPSA) is 12.0 Å². The van der Waals surface area contributed by atoms with Crippen molar-refractivity contribution in [3.05, 3.63) is 37.1 Å². The van der Waals surface area contributed by atoms with E-state index < -0.39 is 0 Å². The van der Waals surface area contributed by atoms with Crippen LogP contribution in [0.4, 0.5) is 0 Å². The van der Waals surface area contributed by atoms with Crippen LogP contribution in [0.2, 0.25) is 0 Å². The number of rotatable bonds is 4. The molecular formula is C9H15N. The summed E-state index contributed by atoms with van der Waals surface area (Å²) >= 11 is 0. The van der Waals surface area contributed by atoms with Gasteiger partial charge in [-0.1, -0.05) is 25.3 Å². The Morgan fingerprint density at radius 1 is 1.50 bits per heavy atom. The van der Waals surface area contributed by atoms with E-state index in [0.29, 0.717) is 6.04 Å². The van der Waals surface area contributed by atoms with Crippen molar-refractivity contribution in [1.82, 2.24) is 5.32 Å². The van der Waals surface area contributed by atoms with Crippen LogP contribution < -0.4 is 5.32 Å². The quantitative estimate of drug-likeness (QED) is 0.586. The fourth-order valence-electron chi connectivity index (χ4n) is 0.603. The third-order valence-corrected chi connectivity index (χ3v) is 0.908. The molecule has 0 radical (unpaired) electrons. The van der Waals surface area contributed by atoms with E-state index in [1.165, 1.54) is 0 Å². The second-order valence-corrected chi connectivity index (χ2v) is 2.42. The monoisotopic (exact) mass is 137 g/mol. The van der Waals surface area contributed by atoms with Crippen molar-refractivity contribution < 1.29 is 0 Å². The molecule has 0 atom stereocenters. The predicted octanol–water partition coefficient (Wildman–Crippen LogP) is 2.24. The van der Waals surface area contributed by atoms with Crippen molar-refractivity contribution in [2.75, 3.05) is 0 Å². The van der Waals surface area contributed by atoms with Gasteiger partial charge in [-0.25, -0.2) is 0 Å². The molecule has 0 amide bonds. The van der Waals surface area contributed by atoms with Crippen LogP contribution in [0.5, 0.6) is 0 Å². The SMILES string of the molecule is C=C/C=C\C(=C)NC(C)C. The van der Waals surface area contributed by atoms with E-state index in [4.69, 9.17) is 0 Å². The third kappa shape index (κ3) is 5.16. The highest BCUT2D eigenvalue weighted by molar-refractivity contribution is 5.16. The molecule has 0 bridgehead atoms. The van der Waals surface area contributed by atoms with Gasteiger partial charge < -0.3 is 5.32 Å². The van der Waals surface area contributed by atoms with Gasteiger partial charge in [0.15, 0.2) is 0 Å². The van der Waals surface area contributed by atoms with Gasteiger partial charge in [0.2, 0.25) is 0 Å². The van der Waals surface area contributed by atoms with Gasteiger partial charge in [-0.05, 0) is 19.9 Å². The summed E-state index contributed by atoms with van der Waals surface area (Å²) in [7, 11) is 0. The summed E-state index contributed by atoms with van der Waals surface area (Å²) in [4.78, 5) is 0. The van der Waals surface area contributed by atoms with Gasteiger partial charge in [0.05, 0.1) is 0 Å². The van der Waals surface area contributed by atoms with Crippen molar-refractivity contribution >= 4 is 0 Å². The van der Waals surface area contributed by atoms with Crippen molar-refractivity contribution in [3.8, 4) is 0 Å². The van der Waals surface area contributed by atoms with E-state index in [-0.39, 0.29) is 0 Å². The second kappa shape index (κ2) is 4.86. The first-order valence-corrected chi connectivity index (χ1v) is 3.41. The van der Waals surface area contributed by atoms with Crippen molar-refractivity contribution in [3.63, 3.8) is 0 Å². The molecule has 0 spiro atoms. The second-order valence-electron chi connectivity index (χ2n) is 2.42. The lowest BCUT2D eigenvalue weighted by Gasteiger charge is -2.07. The van der Waals surface area contributed by atoms with E-state index in [0.717, 1.165) is 5.70 Å². The molecular weight excluding hydrogens is 122 g/mol. The molecule has 0 aromatic rings. The molecule has 0 saturated carbocycles. The number of hydrogen-bond donors (Lipinski definition) is 1. The summed E-state index contributed by atoms with van der Waals surface area (Å²) in [5.74, 6) is 0. The first kappa shape index (κ1) is 9.02. The molecule has 0 aliphatic rings. The number of hydrogen-bond acceptors (Lipinski definition) is 1. The van der Waals surface area contributed by atoms with Gasteiger partial charge in [-0.15, -0.1) is 0 Å². The summed E-state index contributed by atoms with van der Waals surface area (Å²) < 4.78 is 0. The van der Waals surface area contributed by atoms with E-state index in [9.17, 15) is 0 Å². The van der Waals surface area contributed by atoms with Crippen molar-refractivity contribution in [1.29, 1.82) is 0 Å². The van der Waals surface area contributed by atoms with Gasteiger partial charge in [0.1, 0.15) is 0 Å². The average molecular weight is 137 g/mol. The Balaban J connectivity index is 3.64. The molecule has 10 heavy (non-hydrogen) atoms. The van der Waals surface area contributed by atoms with Crippen LogP contribution in [0.1, 0.15) is 13.8 Å². The van der Waals surface area contributed by atoms with E-state index >= 15 is 0 Å². The number of allylic oxidation sites excluding steroid dienone is 3. The molecule has 0 aromatic heterocycles. The molecule has 56 valence electrons. The molecule has 0 fully saturated rings. The fraction of sp³-hybridized carbons (Fsp3) is 0.333. The standard InChI is InChI=1S/C9H15N/c1-5-6-7-9(4)10-8(2)3/h5-8,10H,1,4H2,2-3H3/b7-6-. The van der Waals surface area contributed by atoms with Crippen LogP contribution in [0, 0.1) is 0 Å². The Bertz CT molecular complexity index is 143. The van der Waals surface area contributed by atoms with Crippen molar-refractivity contribution in [2.45, 2.75) is 19.9 Å². The summed E-state index contributed by atoms with van der Waals surface area (Å²) in [5.41, 5.74) is 0.926. The average Bonchev–Trinajstić information content (AvgIpc) is 1.82. The zero-order valence-corrected chi connectivity index (χ0v) is 6.72. The molecule has 1 nitrogen and oxygen atoms in total. The number of nitrogens with one attached hydrogen (secondary N) is 1. The van der Waals surface area contributed by atoms with E-state index in [2.05, 4.69) is 32.3 Å². The minimum absolute atomic E-state index is 0.446. The Morgan fingerprint density at radius 3 is 2.50 bits per heavy atom. The Hall–Kier alpha value is -0.980. The first-order chi connectivity index (χ1) is 4.66. The summed E-state index contributed by atoms with van der Waals surface area (Å²) in [6.07, 6.45) is 5.48. The molecule has 0 rings (SSSR count). The van der Waals surface area contributed by atoms with Gasteiger partial charge in [-0.2, -0.15) is 0 Å². The zero-order chi connectivity index (χ0) is 7.98. The van der Waals surface area contributed by atoms with Gasteiger partial charge >= 0.3 is 0 Å². The Morgan fingerprint density at radius 2 is 2.10 bits per heavy atom. The molecule has 0 saturated heterocycles. The maximum absolute atomic E-state index is 3.79. The largest absolute Gasteiger partial charge is 0.383 e. The predicted molar refractivity (Wildman–Crippen MR) is 46.7 cm³/mol. The molecule has 0 aliphatic heterocycles. The Kier molecular flexibility index (Phi) is 4.38. The van der Waals surface area contributed by atoms with Crippen LogP contribution in [-0.4, -0.2) is 6.04 Å². The minimum atomic E-state index is 0.446. The van der Waals surface area contributed by atoms with Crippen LogP contribution in [0.15, 0.2) is 37.1 Å². The van der Waals surface area contributed by atoms with E-state index in [1.807, 2.05) is 12.2 Å². The maximum Gasteiger partial charge on any atom is 0.0269 e. The summed E-state index contributed by atoms with van der Waals surface area (Å²) in [6, 6.07) is 0.446. The highest BCUT2D eigenvalue weighted by Gasteiger charge is 1.89. The van der Waals surface area contributed by atoms with Crippen LogP contribution in [-0.2, 0) is 0 Å². The zero-order valence-electron chi connectivity index (χ0n) is 6.72. The highest BCUT2D eigenvalue weighted by atomic mass is 14.9. The van der Waals surface area contributed by atoms with Gasteiger partial charge in [0, 0.05) is 11.7 Å². The fourth-order valence-corrected chi connectivity index (χ4v) is 0.603. The van der Waals surface area contributed by atoms with Crippen LogP contribution in [0.25, 0.3) is 0 Å². The smallest absolute Gasteiger partial charge is 0.0269 e. The molecule has 0 aliphatic carbocycles. The van der Waals surface area contributed by atoms with Crippen molar-refractivity contribution in [2.24, 2.45) is 0 Å². The normalized spacial score (nSPS) is 10.3. The molecule has 0 heterocycles. The van der Waals surface area contributed by atoms with Gasteiger partial charge in [0.25, 0.3) is 0 Å². The first-order valence-electron chi connectivity index (χ1n) is 3.41. The third-order valence-electron chi connectivity index (χ3n) is 0.908. The summed E-state index contributed by atoms with van der Waals surface area (Å²) in [5, 5.41) is 3.15. The lowest BCUT2D eigenvalue weighted by Crippen LogP contribution is -2.19. The minimum Gasteiger partial charge on any atom is -0.383 e. The summed E-state index contributed by atoms with van der Waals surface area (Å²) in [6.45, 7) is 11.5.